The molecule has 0 radical (unpaired) electrons. The van der Waals surface area contributed by atoms with Gasteiger partial charge in [-0.15, -0.1) is 0 Å². The summed E-state index contributed by atoms with van der Waals surface area (Å²) in [5.74, 6) is -1.37. The summed E-state index contributed by atoms with van der Waals surface area (Å²) in [6.45, 7) is 1.33. The molecule has 1 aliphatic rings. The lowest BCUT2D eigenvalue weighted by Gasteiger charge is -2.34. The largest absolute Gasteiger partial charge is 0.374 e. The number of nitrogens with zero attached hydrogens (tertiary/aromatic N) is 3. The molecule has 0 bridgehead atoms. The Morgan fingerprint density at radius 3 is 3.07 bits per heavy atom. The van der Waals surface area contributed by atoms with Crippen LogP contribution in [0.4, 0.5) is 20.3 Å². The fraction of sp³-hybridized carbons (Fsp3) is 0.316. The number of piperidine rings is 1. The van der Waals surface area contributed by atoms with Crippen molar-refractivity contribution in [2.24, 2.45) is 0 Å². The molecule has 1 unspecified atom stereocenters. The Labute approximate surface area is 160 Å². The van der Waals surface area contributed by atoms with E-state index in [1.807, 2.05) is 12.3 Å². The summed E-state index contributed by atoms with van der Waals surface area (Å²) in [5.41, 5.74) is 0.744. The number of nitrogens with one attached hydrogen (secondary N) is 3. The molecule has 1 amide bonds. The minimum Gasteiger partial charge on any atom is -0.374 e. The Kier molecular flexibility index (Phi) is 5.05. The number of hydrogen-bond donors (Lipinski definition) is 3. The number of halogens is 2. The van der Waals surface area contributed by atoms with E-state index in [-0.39, 0.29) is 24.2 Å². The zero-order valence-corrected chi connectivity index (χ0v) is 15.1. The predicted octanol–water partition coefficient (Wildman–Crippen LogP) is 2.43. The van der Waals surface area contributed by atoms with Crippen LogP contribution in [0.15, 0.2) is 36.8 Å². The molecule has 1 saturated heterocycles. The van der Waals surface area contributed by atoms with Gasteiger partial charge in [0.25, 0.3) is 0 Å². The molecule has 7 nitrogen and oxygen atoms in total. The quantitative estimate of drug-likeness (QED) is 0.627. The molecule has 1 atom stereocenters. The molecule has 3 heterocycles. The van der Waals surface area contributed by atoms with E-state index in [2.05, 4.69) is 30.5 Å². The van der Waals surface area contributed by atoms with Gasteiger partial charge in [-0.25, -0.2) is 18.7 Å². The molecule has 9 heteroatoms. The van der Waals surface area contributed by atoms with Crippen LogP contribution in [0.3, 0.4) is 0 Å². The van der Waals surface area contributed by atoms with Crippen LogP contribution >= 0.6 is 0 Å². The van der Waals surface area contributed by atoms with Gasteiger partial charge in [-0.3, -0.25) is 4.79 Å². The Morgan fingerprint density at radius 2 is 2.18 bits per heavy atom. The monoisotopic (exact) mass is 386 g/mol. The second-order valence-corrected chi connectivity index (χ2v) is 6.74. The molecule has 1 aliphatic heterocycles. The first-order valence-electron chi connectivity index (χ1n) is 9.12. The summed E-state index contributed by atoms with van der Waals surface area (Å²) < 4.78 is 26.9. The third-order valence-corrected chi connectivity index (χ3v) is 4.81. The lowest BCUT2D eigenvalue weighted by molar-refractivity contribution is -0.120. The zero-order chi connectivity index (χ0) is 19.5. The first kappa shape index (κ1) is 18.1. The van der Waals surface area contributed by atoms with Crippen LogP contribution < -0.4 is 15.5 Å². The molecule has 0 spiro atoms. The number of rotatable bonds is 5. The highest BCUT2D eigenvalue weighted by Crippen LogP contribution is 2.25. The summed E-state index contributed by atoms with van der Waals surface area (Å²) in [4.78, 5) is 26.1. The molecule has 3 N–H and O–H groups in total. The van der Waals surface area contributed by atoms with E-state index in [1.165, 1.54) is 18.5 Å². The second kappa shape index (κ2) is 7.79. The minimum absolute atomic E-state index is 0.0312. The van der Waals surface area contributed by atoms with E-state index in [4.69, 9.17) is 0 Å². The fourth-order valence-electron chi connectivity index (χ4n) is 3.49. The highest BCUT2D eigenvalue weighted by molar-refractivity contribution is 5.87. The maximum atomic E-state index is 13.7. The van der Waals surface area contributed by atoms with Crippen LogP contribution in [0.2, 0.25) is 0 Å². The molecule has 1 aromatic carbocycles. The molecule has 0 saturated carbocycles. The van der Waals surface area contributed by atoms with Crippen molar-refractivity contribution in [3.05, 3.63) is 48.4 Å². The summed E-state index contributed by atoms with van der Waals surface area (Å²) in [7, 11) is 0. The number of aromatic nitrogens is 3. The van der Waals surface area contributed by atoms with Gasteiger partial charge in [0.2, 0.25) is 5.91 Å². The maximum absolute atomic E-state index is 13.7. The average molecular weight is 386 g/mol. The molecule has 2 aromatic heterocycles. The van der Waals surface area contributed by atoms with Gasteiger partial charge in [0.15, 0.2) is 11.6 Å². The molecule has 3 aromatic rings. The van der Waals surface area contributed by atoms with Crippen LogP contribution in [0.5, 0.6) is 0 Å². The summed E-state index contributed by atoms with van der Waals surface area (Å²) in [6.07, 6.45) is 5.10. The van der Waals surface area contributed by atoms with Crippen molar-refractivity contribution < 1.29 is 13.6 Å². The van der Waals surface area contributed by atoms with Crippen molar-refractivity contribution in [2.75, 3.05) is 29.9 Å². The number of anilines is 2. The second-order valence-electron chi connectivity index (χ2n) is 6.74. The van der Waals surface area contributed by atoms with Crippen molar-refractivity contribution in [2.45, 2.75) is 18.9 Å². The van der Waals surface area contributed by atoms with Gasteiger partial charge in [0.1, 0.15) is 17.8 Å². The van der Waals surface area contributed by atoms with E-state index >= 15 is 0 Å². The maximum Gasteiger partial charge on any atom is 0.239 e. The summed E-state index contributed by atoms with van der Waals surface area (Å²) in [6, 6.07) is 5.70. The lowest BCUT2D eigenvalue weighted by atomic mass is 10.1. The van der Waals surface area contributed by atoms with E-state index < -0.39 is 11.6 Å². The number of fused-ring (bicyclic) bond motifs is 1. The Morgan fingerprint density at radius 1 is 1.29 bits per heavy atom. The number of hydrogen-bond acceptors (Lipinski definition) is 5. The first-order valence-corrected chi connectivity index (χ1v) is 9.12. The first-order chi connectivity index (χ1) is 13.6. The van der Waals surface area contributed by atoms with E-state index in [9.17, 15) is 13.6 Å². The van der Waals surface area contributed by atoms with Gasteiger partial charge in [-0.2, -0.15) is 0 Å². The smallest absolute Gasteiger partial charge is 0.239 e. The number of benzene rings is 1. The predicted molar refractivity (Wildman–Crippen MR) is 102 cm³/mol. The molecule has 28 heavy (non-hydrogen) atoms. The highest BCUT2D eigenvalue weighted by atomic mass is 19.2. The van der Waals surface area contributed by atoms with Crippen LogP contribution in [0, 0.1) is 11.6 Å². The highest BCUT2D eigenvalue weighted by Gasteiger charge is 2.24. The number of aromatic amines is 1. The van der Waals surface area contributed by atoms with Crippen LogP contribution in [-0.4, -0.2) is 46.5 Å². The standard InChI is InChI=1S/C19H20F2N6O/c20-14-4-1-5-15(17(14)21)23-9-16(28)26-12-3-2-8-27(10-12)19-13-6-7-22-18(13)24-11-25-19/h1,4-7,11-12,23H,2-3,8-10H2,(H,26,28)(H,22,24,25). The topological polar surface area (TPSA) is 85.9 Å². The van der Waals surface area contributed by atoms with E-state index in [0.717, 1.165) is 42.3 Å². The zero-order valence-electron chi connectivity index (χ0n) is 15.1. The summed E-state index contributed by atoms with van der Waals surface area (Å²) >= 11 is 0. The third-order valence-electron chi connectivity index (χ3n) is 4.81. The average Bonchev–Trinajstić information content (AvgIpc) is 3.18. The van der Waals surface area contributed by atoms with E-state index in [1.54, 1.807) is 0 Å². The van der Waals surface area contributed by atoms with Crippen LogP contribution in [0.25, 0.3) is 11.0 Å². The van der Waals surface area contributed by atoms with Gasteiger partial charge < -0.3 is 20.5 Å². The SMILES string of the molecule is O=C(CNc1cccc(F)c1F)NC1CCCN(c2ncnc3[nH]ccc23)C1. The Balaban J connectivity index is 1.36. The van der Waals surface area contributed by atoms with Crippen LogP contribution in [0.1, 0.15) is 12.8 Å². The van der Waals surface area contributed by atoms with Crippen molar-refractivity contribution in [3.63, 3.8) is 0 Å². The molecule has 0 aliphatic carbocycles. The minimum atomic E-state index is -0.988. The molecular weight excluding hydrogens is 366 g/mol. The van der Waals surface area contributed by atoms with E-state index in [0.29, 0.717) is 6.54 Å². The Bertz CT molecular complexity index is 991. The molecule has 4 rings (SSSR count). The number of amides is 1. The van der Waals surface area contributed by atoms with Crippen molar-refractivity contribution in [1.29, 1.82) is 0 Å². The number of H-pyrrole nitrogens is 1. The Hall–Kier alpha value is -3.23. The third kappa shape index (κ3) is 3.73. The van der Waals surface area contributed by atoms with Gasteiger partial charge >= 0.3 is 0 Å². The number of carbonyl (C=O) groups excluding carboxylic acids is 1. The molecule has 1 fully saturated rings. The van der Waals surface area contributed by atoms with Gasteiger partial charge in [0, 0.05) is 25.3 Å². The fourth-order valence-corrected chi connectivity index (χ4v) is 3.49. The van der Waals surface area contributed by atoms with Crippen LogP contribution in [-0.2, 0) is 4.79 Å². The van der Waals surface area contributed by atoms with Gasteiger partial charge in [-0.1, -0.05) is 6.07 Å². The van der Waals surface area contributed by atoms with Gasteiger partial charge in [-0.05, 0) is 31.0 Å². The van der Waals surface area contributed by atoms with Crippen molar-refractivity contribution in [1.82, 2.24) is 20.3 Å². The lowest BCUT2D eigenvalue weighted by Crippen LogP contribution is -2.49. The van der Waals surface area contributed by atoms with Gasteiger partial charge in [0.05, 0.1) is 17.6 Å². The van der Waals surface area contributed by atoms with Crippen molar-refractivity contribution in [3.8, 4) is 0 Å². The molecular formula is C19H20F2N6O. The number of carbonyl (C=O) groups is 1. The normalized spacial score (nSPS) is 16.9. The van der Waals surface area contributed by atoms with Crippen molar-refractivity contribution >= 4 is 28.4 Å². The molecule has 146 valence electrons. The summed E-state index contributed by atoms with van der Waals surface area (Å²) in [5, 5.41) is 6.54.